The Morgan fingerprint density at radius 2 is 1.55 bits per heavy atom. The molecule has 0 aliphatic rings. The molecule has 0 saturated carbocycles. The highest BCUT2D eigenvalue weighted by molar-refractivity contribution is 6.42. The van der Waals surface area contributed by atoms with Crippen molar-refractivity contribution >= 4 is 34.8 Å². The molecule has 0 radical (unpaired) electrons. The van der Waals surface area contributed by atoms with Crippen LogP contribution in [0.3, 0.4) is 0 Å². The van der Waals surface area contributed by atoms with Crippen molar-refractivity contribution in [3.05, 3.63) is 92.4 Å². The highest BCUT2D eigenvalue weighted by Gasteiger charge is 2.13. The molecular weight excluding hydrogens is 429 g/mol. The maximum Gasteiger partial charge on any atom is 0.180 e. The summed E-state index contributed by atoms with van der Waals surface area (Å²) in [6.07, 6.45) is 0.969. The van der Waals surface area contributed by atoms with E-state index < -0.39 is 0 Å². The monoisotopic (exact) mass is 449 g/mol. The van der Waals surface area contributed by atoms with Gasteiger partial charge in [-0.15, -0.1) is 0 Å². The summed E-state index contributed by atoms with van der Waals surface area (Å²) in [7, 11) is 1.60. The van der Waals surface area contributed by atoms with E-state index in [0.717, 1.165) is 24.1 Å². The van der Waals surface area contributed by atoms with Gasteiger partial charge in [-0.05, 0) is 53.9 Å². The first-order valence-corrected chi connectivity index (χ1v) is 10.4. The van der Waals surface area contributed by atoms with Gasteiger partial charge in [0, 0.05) is 6.54 Å². The second kappa shape index (κ2) is 10.7. The van der Waals surface area contributed by atoms with Crippen LogP contribution in [0.4, 0.5) is 0 Å². The van der Waals surface area contributed by atoms with E-state index in [1.54, 1.807) is 19.2 Å². The van der Waals surface area contributed by atoms with Gasteiger partial charge in [-0.1, -0.05) is 71.2 Å². The van der Waals surface area contributed by atoms with E-state index in [9.17, 15) is 0 Å². The molecule has 0 bridgehead atoms. The molecule has 0 aliphatic heterocycles. The molecule has 3 aromatic rings. The predicted molar refractivity (Wildman–Crippen MR) is 121 cm³/mol. The number of hydrogen-bond acceptors (Lipinski definition) is 3. The molecule has 0 amide bonds. The van der Waals surface area contributed by atoms with E-state index >= 15 is 0 Å². The van der Waals surface area contributed by atoms with Crippen molar-refractivity contribution in [2.75, 3.05) is 13.7 Å². The summed E-state index contributed by atoms with van der Waals surface area (Å²) >= 11 is 18.5. The summed E-state index contributed by atoms with van der Waals surface area (Å²) in [5.74, 6) is 1.10. The smallest absolute Gasteiger partial charge is 0.180 e. The molecule has 0 heterocycles. The summed E-state index contributed by atoms with van der Waals surface area (Å²) in [6, 6.07) is 19.6. The topological polar surface area (TPSA) is 30.5 Å². The predicted octanol–water partition coefficient (Wildman–Crippen LogP) is 6.57. The molecule has 0 unspecified atom stereocenters. The molecule has 0 aliphatic carbocycles. The molecule has 3 rings (SSSR count). The van der Waals surface area contributed by atoms with E-state index in [1.807, 2.05) is 24.3 Å². The highest BCUT2D eigenvalue weighted by atomic mass is 35.5. The fourth-order valence-electron chi connectivity index (χ4n) is 2.91. The first kappa shape index (κ1) is 21.8. The number of rotatable bonds is 9. The number of methoxy groups -OCH3 is 1. The zero-order valence-electron chi connectivity index (χ0n) is 16.1. The zero-order chi connectivity index (χ0) is 20.6. The summed E-state index contributed by atoms with van der Waals surface area (Å²) < 4.78 is 11.4. The first-order valence-electron chi connectivity index (χ1n) is 9.24. The molecular formula is C23H22Cl3NO2. The lowest BCUT2D eigenvalue weighted by molar-refractivity contribution is 0.284. The minimum absolute atomic E-state index is 0.307. The van der Waals surface area contributed by atoms with Gasteiger partial charge >= 0.3 is 0 Å². The lowest BCUT2D eigenvalue weighted by Crippen LogP contribution is -2.16. The van der Waals surface area contributed by atoms with Crippen LogP contribution in [-0.4, -0.2) is 13.7 Å². The van der Waals surface area contributed by atoms with Crippen LogP contribution < -0.4 is 14.8 Å². The maximum absolute atomic E-state index is 6.46. The van der Waals surface area contributed by atoms with E-state index in [4.69, 9.17) is 44.3 Å². The van der Waals surface area contributed by atoms with Crippen LogP contribution in [0.25, 0.3) is 0 Å². The van der Waals surface area contributed by atoms with Gasteiger partial charge < -0.3 is 14.8 Å². The maximum atomic E-state index is 6.46. The second-order valence-electron chi connectivity index (χ2n) is 6.56. The van der Waals surface area contributed by atoms with Gasteiger partial charge in [0.1, 0.15) is 6.61 Å². The number of halogens is 3. The van der Waals surface area contributed by atoms with Gasteiger partial charge in [0.15, 0.2) is 11.5 Å². The Balaban J connectivity index is 1.60. The van der Waals surface area contributed by atoms with Crippen molar-refractivity contribution in [3.63, 3.8) is 0 Å². The summed E-state index contributed by atoms with van der Waals surface area (Å²) in [5, 5.41) is 4.94. The molecule has 152 valence electrons. The van der Waals surface area contributed by atoms with E-state index in [1.165, 1.54) is 5.56 Å². The quantitative estimate of drug-likeness (QED) is 0.374. The van der Waals surface area contributed by atoms with Gasteiger partial charge in [0.25, 0.3) is 0 Å². The number of nitrogens with one attached hydrogen (secondary N) is 1. The van der Waals surface area contributed by atoms with Crippen LogP contribution in [0.2, 0.25) is 15.1 Å². The number of hydrogen-bond donors (Lipinski definition) is 1. The Kier molecular flexibility index (Phi) is 8.08. The Hall–Kier alpha value is -1.91. The van der Waals surface area contributed by atoms with E-state index in [2.05, 4.69) is 29.6 Å². The molecule has 1 N–H and O–H groups in total. The molecule has 0 fully saturated rings. The molecule has 0 atom stereocenters. The fourth-order valence-corrected chi connectivity index (χ4v) is 3.52. The molecule has 0 aromatic heterocycles. The van der Waals surface area contributed by atoms with Crippen molar-refractivity contribution in [1.82, 2.24) is 5.32 Å². The molecule has 3 nitrogen and oxygen atoms in total. The van der Waals surface area contributed by atoms with E-state index in [0.29, 0.717) is 39.7 Å². The van der Waals surface area contributed by atoms with Crippen LogP contribution in [0, 0.1) is 0 Å². The normalized spacial score (nSPS) is 10.8. The van der Waals surface area contributed by atoms with Crippen LogP contribution in [-0.2, 0) is 19.6 Å². The molecule has 3 aromatic carbocycles. The Morgan fingerprint density at radius 3 is 2.28 bits per heavy atom. The lowest BCUT2D eigenvalue weighted by atomic mass is 10.1. The van der Waals surface area contributed by atoms with Crippen molar-refractivity contribution in [1.29, 1.82) is 0 Å². The van der Waals surface area contributed by atoms with Crippen molar-refractivity contribution in [2.24, 2.45) is 0 Å². The van der Waals surface area contributed by atoms with Crippen LogP contribution in [0.15, 0.2) is 60.7 Å². The second-order valence-corrected chi connectivity index (χ2v) is 7.78. The number of benzene rings is 3. The third-order valence-electron chi connectivity index (χ3n) is 4.42. The first-order chi connectivity index (χ1) is 14.1. The van der Waals surface area contributed by atoms with Crippen LogP contribution in [0.5, 0.6) is 11.5 Å². The van der Waals surface area contributed by atoms with Gasteiger partial charge in [-0.25, -0.2) is 0 Å². The van der Waals surface area contributed by atoms with Gasteiger partial charge in [0.05, 0.1) is 22.2 Å². The zero-order valence-corrected chi connectivity index (χ0v) is 18.3. The van der Waals surface area contributed by atoms with Crippen LogP contribution in [0.1, 0.15) is 16.7 Å². The summed E-state index contributed by atoms with van der Waals surface area (Å²) in [5.41, 5.74) is 3.23. The lowest BCUT2D eigenvalue weighted by Gasteiger charge is -2.15. The fraction of sp³-hybridized carbons (Fsp3) is 0.217. The third kappa shape index (κ3) is 6.28. The summed E-state index contributed by atoms with van der Waals surface area (Å²) in [4.78, 5) is 0. The minimum Gasteiger partial charge on any atom is -0.493 e. The van der Waals surface area contributed by atoms with E-state index in [-0.39, 0.29) is 0 Å². The molecule has 6 heteroatoms. The Bertz CT molecular complexity index is 948. The average molecular weight is 451 g/mol. The largest absolute Gasteiger partial charge is 0.493 e. The van der Waals surface area contributed by atoms with Gasteiger partial charge in [-0.3, -0.25) is 0 Å². The Morgan fingerprint density at radius 1 is 0.793 bits per heavy atom. The SMILES string of the molecule is COc1cc(CNCCc2ccccc2)cc(Cl)c1OCc1ccc(Cl)c(Cl)c1. The third-order valence-corrected chi connectivity index (χ3v) is 5.44. The van der Waals surface area contributed by atoms with Gasteiger partial charge in [-0.2, -0.15) is 0 Å². The molecule has 0 saturated heterocycles. The molecule has 0 spiro atoms. The van der Waals surface area contributed by atoms with Crippen LogP contribution >= 0.6 is 34.8 Å². The standard InChI is InChI=1S/C23H22Cl3NO2/c1-28-22-13-18(14-27-10-9-16-5-3-2-4-6-16)12-21(26)23(22)29-15-17-7-8-19(24)20(25)11-17/h2-8,11-13,27H,9-10,14-15H2,1H3. The summed E-state index contributed by atoms with van der Waals surface area (Å²) in [6.45, 7) is 1.87. The number of ether oxygens (including phenoxy) is 2. The minimum atomic E-state index is 0.307. The van der Waals surface area contributed by atoms with Gasteiger partial charge in [0.2, 0.25) is 0 Å². The Labute approximate surface area is 186 Å². The van der Waals surface area contributed by atoms with Crippen molar-refractivity contribution in [3.8, 4) is 11.5 Å². The van der Waals surface area contributed by atoms with Crippen molar-refractivity contribution in [2.45, 2.75) is 19.6 Å². The average Bonchev–Trinajstić information content (AvgIpc) is 2.73. The highest BCUT2D eigenvalue weighted by Crippen LogP contribution is 2.37. The van der Waals surface area contributed by atoms with Crippen molar-refractivity contribution < 1.29 is 9.47 Å². The molecule has 29 heavy (non-hydrogen) atoms.